The average molecular weight is 278 g/mol. The minimum Gasteiger partial charge on any atom is -0.292 e. The maximum Gasteiger partial charge on any atom is 0.300 e. The first-order valence-electron chi connectivity index (χ1n) is 5.55. The molecule has 0 aromatic heterocycles. The lowest BCUT2D eigenvalue weighted by Crippen LogP contribution is -2.49. The lowest BCUT2D eigenvalue weighted by molar-refractivity contribution is -0.384. The molecule has 3 N–H and O–H groups in total. The normalized spacial score (nSPS) is 15.0. The Bertz CT molecular complexity index is 642. The van der Waals surface area contributed by atoms with Gasteiger partial charge in [-0.25, -0.2) is 5.84 Å². The topological polar surface area (TPSA) is 136 Å². The Hall–Kier alpha value is -2.81. The smallest absolute Gasteiger partial charge is 0.292 e. The van der Waals surface area contributed by atoms with E-state index in [0.29, 0.717) is 0 Å². The number of benzene rings is 1. The summed E-state index contributed by atoms with van der Waals surface area (Å²) < 4.78 is 0. The molecule has 1 atom stereocenters. The fourth-order valence-corrected chi connectivity index (χ4v) is 1.99. The van der Waals surface area contributed by atoms with Crippen molar-refractivity contribution in [1.82, 2.24) is 5.43 Å². The summed E-state index contributed by atoms with van der Waals surface area (Å²) in [4.78, 5) is 46.2. The van der Waals surface area contributed by atoms with Gasteiger partial charge in [-0.05, 0) is 13.0 Å². The van der Waals surface area contributed by atoms with Crippen LogP contribution in [0.3, 0.4) is 0 Å². The SMILES string of the molecule is CC(C(=O)NN)N1C(=O)C(=O)c2cc([N+](=O)[O-])ccc21. The standard InChI is InChI=1S/C11H10N4O5/c1-5(10(17)13-12)14-8-3-2-6(15(19)20)4-7(8)9(16)11(14)18/h2-5H,12H2,1H3,(H,13,17). The number of nitrogens with one attached hydrogen (secondary N) is 1. The van der Waals surface area contributed by atoms with E-state index in [9.17, 15) is 24.5 Å². The summed E-state index contributed by atoms with van der Waals surface area (Å²) in [6, 6.07) is 2.43. The van der Waals surface area contributed by atoms with Gasteiger partial charge in [0.15, 0.2) is 0 Å². The van der Waals surface area contributed by atoms with Crippen LogP contribution in [0.5, 0.6) is 0 Å². The van der Waals surface area contributed by atoms with Crippen LogP contribution >= 0.6 is 0 Å². The molecular weight excluding hydrogens is 268 g/mol. The van der Waals surface area contributed by atoms with Crippen LogP contribution in [0.15, 0.2) is 18.2 Å². The molecule has 0 saturated carbocycles. The number of amides is 2. The Kier molecular flexibility index (Phi) is 3.20. The molecule has 9 nitrogen and oxygen atoms in total. The second-order valence-electron chi connectivity index (χ2n) is 4.15. The number of hydrogen-bond donors (Lipinski definition) is 2. The molecule has 0 saturated heterocycles. The lowest BCUT2D eigenvalue weighted by atomic mass is 10.1. The summed E-state index contributed by atoms with van der Waals surface area (Å²) >= 11 is 0. The first-order chi connectivity index (χ1) is 9.38. The minimum absolute atomic E-state index is 0.0964. The first kappa shape index (κ1) is 13.6. The molecule has 1 aliphatic rings. The summed E-state index contributed by atoms with van der Waals surface area (Å²) in [5.41, 5.74) is 1.64. The van der Waals surface area contributed by atoms with Crippen molar-refractivity contribution in [1.29, 1.82) is 0 Å². The molecule has 0 aliphatic carbocycles. The summed E-state index contributed by atoms with van der Waals surface area (Å²) in [5, 5.41) is 10.7. The molecule has 9 heteroatoms. The van der Waals surface area contributed by atoms with Gasteiger partial charge in [-0.2, -0.15) is 0 Å². The zero-order chi connectivity index (χ0) is 15.0. The zero-order valence-corrected chi connectivity index (χ0v) is 10.3. The quantitative estimate of drug-likeness (QED) is 0.251. The number of carbonyl (C=O) groups is 3. The van der Waals surface area contributed by atoms with Crippen LogP contribution in [-0.2, 0) is 9.59 Å². The molecule has 1 aliphatic heterocycles. The Balaban J connectivity index is 2.51. The molecule has 1 heterocycles. The summed E-state index contributed by atoms with van der Waals surface area (Å²) in [7, 11) is 0. The largest absolute Gasteiger partial charge is 0.300 e. The van der Waals surface area contributed by atoms with E-state index in [0.717, 1.165) is 17.0 Å². The van der Waals surface area contributed by atoms with Crippen LogP contribution in [0.25, 0.3) is 0 Å². The van der Waals surface area contributed by atoms with Crippen molar-refractivity contribution in [2.24, 2.45) is 5.84 Å². The molecule has 2 amide bonds. The van der Waals surface area contributed by atoms with Crippen LogP contribution in [-0.4, -0.2) is 28.6 Å². The maximum absolute atomic E-state index is 11.9. The summed E-state index contributed by atoms with van der Waals surface area (Å²) in [6.45, 7) is 1.39. The molecule has 1 unspecified atom stereocenters. The van der Waals surface area contributed by atoms with Crippen LogP contribution in [0.1, 0.15) is 17.3 Å². The number of anilines is 1. The van der Waals surface area contributed by atoms with E-state index in [2.05, 4.69) is 0 Å². The Morgan fingerprint density at radius 3 is 2.65 bits per heavy atom. The number of hydrogen-bond acceptors (Lipinski definition) is 6. The fourth-order valence-electron chi connectivity index (χ4n) is 1.99. The van der Waals surface area contributed by atoms with Crippen LogP contribution in [0, 0.1) is 10.1 Å². The second-order valence-corrected chi connectivity index (χ2v) is 4.15. The van der Waals surface area contributed by atoms with Gasteiger partial charge in [0.1, 0.15) is 6.04 Å². The van der Waals surface area contributed by atoms with Crippen molar-refractivity contribution in [3.63, 3.8) is 0 Å². The summed E-state index contributed by atoms with van der Waals surface area (Å²) in [5.74, 6) is 2.53. The van der Waals surface area contributed by atoms with Gasteiger partial charge in [0.2, 0.25) is 0 Å². The lowest BCUT2D eigenvalue weighted by Gasteiger charge is -2.22. The average Bonchev–Trinajstić information content (AvgIpc) is 2.69. The van der Waals surface area contributed by atoms with Gasteiger partial charge in [-0.3, -0.25) is 34.8 Å². The number of nitro benzene ring substituents is 1. The molecule has 1 aromatic carbocycles. The van der Waals surface area contributed by atoms with Crippen LogP contribution in [0.4, 0.5) is 11.4 Å². The third-order valence-electron chi connectivity index (χ3n) is 3.02. The molecule has 0 spiro atoms. The van der Waals surface area contributed by atoms with E-state index >= 15 is 0 Å². The Morgan fingerprint density at radius 1 is 1.45 bits per heavy atom. The van der Waals surface area contributed by atoms with Crippen molar-refractivity contribution < 1.29 is 19.3 Å². The van der Waals surface area contributed by atoms with Crippen molar-refractivity contribution in [3.8, 4) is 0 Å². The number of carbonyl (C=O) groups excluding carboxylic acids is 3. The van der Waals surface area contributed by atoms with Crippen LogP contribution < -0.4 is 16.2 Å². The predicted molar refractivity (Wildman–Crippen MR) is 66.7 cm³/mol. The van der Waals surface area contributed by atoms with Crippen molar-refractivity contribution in [3.05, 3.63) is 33.9 Å². The van der Waals surface area contributed by atoms with E-state index in [-0.39, 0.29) is 16.9 Å². The van der Waals surface area contributed by atoms with Gasteiger partial charge in [-0.15, -0.1) is 0 Å². The van der Waals surface area contributed by atoms with Crippen molar-refractivity contribution in [2.45, 2.75) is 13.0 Å². The highest BCUT2D eigenvalue weighted by Gasteiger charge is 2.41. The molecule has 0 radical (unpaired) electrons. The molecule has 0 fully saturated rings. The van der Waals surface area contributed by atoms with Crippen LogP contribution in [0.2, 0.25) is 0 Å². The second kappa shape index (κ2) is 4.70. The number of Topliss-reactive ketones (excluding diaryl/α,β-unsaturated/α-hetero) is 1. The number of non-ortho nitro benzene ring substituents is 1. The Labute approximate surface area is 112 Å². The van der Waals surface area contributed by atoms with Gasteiger partial charge in [0.25, 0.3) is 23.3 Å². The maximum atomic E-state index is 11.9. The van der Waals surface area contributed by atoms with E-state index in [1.807, 2.05) is 5.43 Å². The zero-order valence-electron chi connectivity index (χ0n) is 10.3. The molecule has 0 bridgehead atoms. The molecule has 104 valence electrons. The number of rotatable bonds is 3. The monoisotopic (exact) mass is 278 g/mol. The van der Waals surface area contributed by atoms with Gasteiger partial charge < -0.3 is 0 Å². The molecule has 1 aromatic rings. The van der Waals surface area contributed by atoms with Gasteiger partial charge in [0.05, 0.1) is 16.2 Å². The van der Waals surface area contributed by atoms with E-state index in [1.165, 1.54) is 13.0 Å². The number of nitrogens with zero attached hydrogens (tertiary/aromatic N) is 2. The van der Waals surface area contributed by atoms with E-state index in [1.54, 1.807) is 0 Å². The highest BCUT2D eigenvalue weighted by atomic mass is 16.6. The van der Waals surface area contributed by atoms with Gasteiger partial charge in [0, 0.05) is 12.1 Å². The number of ketones is 1. The van der Waals surface area contributed by atoms with Gasteiger partial charge in [-0.1, -0.05) is 0 Å². The highest BCUT2D eigenvalue weighted by Crippen LogP contribution is 2.33. The fraction of sp³-hybridized carbons (Fsp3) is 0.182. The Morgan fingerprint density at radius 2 is 2.10 bits per heavy atom. The molecule has 2 rings (SSSR count). The van der Waals surface area contributed by atoms with E-state index in [4.69, 9.17) is 5.84 Å². The third-order valence-corrected chi connectivity index (χ3v) is 3.02. The van der Waals surface area contributed by atoms with E-state index < -0.39 is 28.6 Å². The number of nitro groups is 1. The number of hydrazine groups is 1. The van der Waals surface area contributed by atoms with Crippen molar-refractivity contribution in [2.75, 3.05) is 4.90 Å². The predicted octanol–water partition coefficient (Wildman–Crippen LogP) is -0.497. The minimum atomic E-state index is -1.00. The first-order valence-corrected chi connectivity index (χ1v) is 5.55. The highest BCUT2D eigenvalue weighted by molar-refractivity contribution is 6.52. The summed E-state index contributed by atoms with van der Waals surface area (Å²) in [6.07, 6.45) is 0. The third kappa shape index (κ3) is 1.89. The van der Waals surface area contributed by atoms with Crippen molar-refractivity contribution >= 4 is 29.0 Å². The molecular formula is C11H10N4O5. The van der Waals surface area contributed by atoms with Gasteiger partial charge >= 0.3 is 0 Å². The number of nitrogens with two attached hydrogens (primary N) is 1. The number of fused-ring (bicyclic) bond motifs is 1. The molecule has 20 heavy (non-hydrogen) atoms.